The second-order valence-corrected chi connectivity index (χ2v) is 3.81. The molecule has 0 aliphatic heterocycles. The number of hydrogen-bond acceptors (Lipinski definition) is 3. The molecule has 3 nitrogen and oxygen atoms in total. The van der Waals surface area contributed by atoms with Crippen molar-refractivity contribution >= 4 is 17.1 Å². The number of nitrogen functional groups attached to an aromatic ring is 1. The van der Waals surface area contributed by atoms with Gasteiger partial charge in [0.1, 0.15) is 5.75 Å². The smallest absolute Gasteiger partial charge is 0.124 e. The van der Waals surface area contributed by atoms with Gasteiger partial charge < -0.3 is 10.8 Å². The molecule has 0 fully saturated rings. The van der Waals surface area contributed by atoms with Crippen molar-refractivity contribution in [3.63, 3.8) is 0 Å². The molecule has 0 unspecified atom stereocenters. The van der Waals surface area contributed by atoms with E-state index < -0.39 is 0 Å². The third-order valence-electron chi connectivity index (χ3n) is 2.46. The molecule has 0 saturated heterocycles. The van der Waals surface area contributed by atoms with Gasteiger partial charge in [0.2, 0.25) is 0 Å². The molecule has 0 amide bonds. The van der Waals surface area contributed by atoms with Crippen LogP contribution in [-0.2, 0) is 0 Å². The van der Waals surface area contributed by atoms with Crippen molar-refractivity contribution < 1.29 is 5.11 Å². The first kappa shape index (κ1) is 11.2. The van der Waals surface area contributed by atoms with Gasteiger partial charge in [-0.25, -0.2) is 0 Å². The van der Waals surface area contributed by atoms with Crippen molar-refractivity contribution in [2.75, 3.05) is 5.73 Å². The van der Waals surface area contributed by atoms with E-state index in [0.717, 1.165) is 17.0 Å². The molecule has 2 aromatic carbocycles. The summed E-state index contributed by atoms with van der Waals surface area (Å²) in [5.74, 6) is 0.234. The highest BCUT2D eigenvalue weighted by atomic mass is 16.3. The number of rotatable bonds is 2. The fraction of sp³-hybridized carbons (Fsp3) is 0.0714. The van der Waals surface area contributed by atoms with E-state index in [-0.39, 0.29) is 5.75 Å². The molecular weight excluding hydrogens is 212 g/mol. The Morgan fingerprint density at radius 1 is 1.12 bits per heavy atom. The van der Waals surface area contributed by atoms with Crippen molar-refractivity contribution in [2.45, 2.75) is 6.92 Å². The van der Waals surface area contributed by atoms with Crippen LogP contribution in [0.5, 0.6) is 5.75 Å². The molecule has 86 valence electrons. The van der Waals surface area contributed by atoms with Crippen LogP contribution in [0.3, 0.4) is 0 Å². The Kier molecular flexibility index (Phi) is 3.10. The Hall–Kier alpha value is -2.29. The van der Waals surface area contributed by atoms with E-state index in [0.29, 0.717) is 5.69 Å². The van der Waals surface area contributed by atoms with Crippen LogP contribution in [0.15, 0.2) is 53.5 Å². The number of phenols is 1. The van der Waals surface area contributed by atoms with Crippen LogP contribution >= 0.6 is 0 Å². The van der Waals surface area contributed by atoms with Crippen molar-refractivity contribution in [2.24, 2.45) is 4.99 Å². The van der Waals surface area contributed by atoms with Gasteiger partial charge in [0, 0.05) is 17.0 Å². The van der Waals surface area contributed by atoms with Crippen LogP contribution in [0.25, 0.3) is 0 Å². The van der Waals surface area contributed by atoms with Crippen molar-refractivity contribution in [3.8, 4) is 5.75 Å². The summed E-state index contributed by atoms with van der Waals surface area (Å²) >= 11 is 0. The summed E-state index contributed by atoms with van der Waals surface area (Å²) in [5, 5.41) is 9.71. The molecule has 0 bridgehead atoms. The van der Waals surface area contributed by atoms with Crippen LogP contribution in [0.2, 0.25) is 0 Å². The zero-order chi connectivity index (χ0) is 12.3. The van der Waals surface area contributed by atoms with Crippen LogP contribution in [0.4, 0.5) is 11.4 Å². The average molecular weight is 226 g/mol. The Balaban J connectivity index is 2.38. The maximum absolute atomic E-state index is 9.71. The molecule has 0 saturated carbocycles. The van der Waals surface area contributed by atoms with E-state index in [9.17, 15) is 5.11 Å². The third kappa shape index (κ3) is 2.64. The predicted octanol–water partition coefficient (Wildman–Crippen LogP) is 3.12. The van der Waals surface area contributed by atoms with E-state index in [2.05, 4.69) is 4.99 Å². The molecule has 0 aliphatic rings. The Morgan fingerprint density at radius 3 is 2.59 bits per heavy atom. The monoisotopic (exact) mass is 226 g/mol. The van der Waals surface area contributed by atoms with E-state index in [4.69, 9.17) is 5.73 Å². The van der Waals surface area contributed by atoms with Crippen molar-refractivity contribution in [3.05, 3.63) is 54.1 Å². The van der Waals surface area contributed by atoms with Crippen LogP contribution in [-0.4, -0.2) is 10.8 Å². The fourth-order valence-corrected chi connectivity index (χ4v) is 1.63. The second-order valence-electron chi connectivity index (χ2n) is 3.81. The molecule has 0 radical (unpaired) electrons. The summed E-state index contributed by atoms with van der Waals surface area (Å²) in [6.45, 7) is 1.86. The number of para-hydroxylation sites is 1. The number of aromatic hydroxyl groups is 1. The maximum Gasteiger partial charge on any atom is 0.124 e. The third-order valence-corrected chi connectivity index (χ3v) is 2.46. The molecule has 17 heavy (non-hydrogen) atoms. The van der Waals surface area contributed by atoms with Crippen LogP contribution in [0, 0.1) is 0 Å². The Morgan fingerprint density at radius 2 is 1.88 bits per heavy atom. The lowest BCUT2D eigenvalue weighted by molar-refractivity contribution is 0.474. The lowest BCUT2D eigenvalue weighted by Gasteiger charge is -2.04. The molecule has 0 spiro atoms. The van der Waals surface area contributed by atoms with Gasteiger partial charge in [-0.2, -0.15) is 0 Å². The summed E-state index contributed by atoms with van der Waals surface area (Å²) in [6, 6.07) is 14.5. The molecule has 2 aromatic rings. The summed E-state index contributed by atoms with van der Waals surface area (Å²) in [5.41, 5.74) is 8.63. The zero-order valence-electron chi connectivity index (χ0n) is 9.59. The number of nitrogens with two attached hydrogens (primary N) is 1. The van der Waals surface area contributed by atoms with Crippen LogP contribution < -0.4 is 5.73 Å². The first-order valence-corrected chi connectivity index (χ1v) is 5.36. The molecule has 3 heteroatoms. The first-order chi connectivity index (χ1) is 8.16. The van der Waals surface area contributed by atoms with Gasteiger partial charge in [-0.05, 0) is 37.3 Å². The highest BCUT2D eigenvalue weighted by Gasteiger charge is 2.03. The molecule has 0 heterocycles. The van der Waals surface area contributed by atoms with E-state index in [1.807, 2.05) is 37.3 Å². The normalized spacial score (nSPS) is 11.5. The standard InChI is InChI=1S/C14H14N2O/c1-10(13-7-2-3-8-14(13)17)16-12-6-4-5-11(15)9-12/h2-9,17H,15H2,1H3. The molecular formula is C14H14N2O. The first-order valence-electron chi connectivity index (χ1n) is 5.36. The lowest BCUT2D eigenvalue weighted by Crippen LogP contribution is -1.94. The van der Waals surface area contributed by atoms with Gasteiger partial charge in [-0.15, -0.1) is 0 Å². The lowest BCUT2D eigenvalue weighted by atomic mass is 10.1. The minimum Gasteiger partial charge on any atom is -0.507 e. The van der Waals surface area contributed by atoms with Crippen LogP contribution in [0.1, 0.15) is 12.5 Å². The SMILES string of the molecule is CC(=Nc1cccc(N)c1)c1ccccc1O. The number of hydrogen-bond donors (Lipinski definition) is 2. The average Bonchev–Trinajstić information content (AvgIpc) is 2.29. The van der Waals surface area contributed by atoms with E-state index in [1.54, 1.807) is 18.2 Å². The van der Waals surface area contributed by atoms with Crippen molar-refractivity contribution in [1.29, 1.82) is 0 Å². The minimum absolute atomic E-state index is 0.234. The molecule has 0 atom stereocenters. The second kappa shape index (κ2) is 4.70. The number of anilines is 1. The molecule has 0 aliphatic carbocycles. The van der Waals surface area contributed by atoms with Gasteiger partial charge in [0.25, 0.3) is 0 Å². The summed E-state index contributed by atoms with van der Waals surface area (Å²) in [6.07, 6.45) is 0. The van der Waals surface area contributed by atoms with Gasteiger partial charge in [0.05, 0.1) is 5.69 Å². The number of nitrogens with zero attached hydrogens (tertiary/aromatic N) is 1. The Bertz CT molecular complexity index is 562. The topological polar surface area (TPSA) is 58.6 Å². The predicted molar refractivity (Wildman–Crippen MR) is 70.8 cm³/mol. The summed E-state index contributed by atoms with van der Waals surface area (Å²) in [4.78, 5) is 4.43. The largest absolute Gasteiger partial charge is 0.507 e. The van der Waals surface area contributed by atoms with Crippen molar-refractivity contribution in [1.82, 2.24) is 0 Å². The minimum atomic E-state index is 0.234. The highest BCUT2D eigenvalue weighted by molar-refractivity contribution is 6.02. The Labute approximate surface area is 100 Å². The summed E-state index contributed by atoms with van der Waals surface area (Å²) < 4.78 is 0. The van der Waals surface area contributed by atoms with E-state index in [1.165, 1.54) is 0 Å². The number of phenolic OH excluding ortho intramolecular Hbond substituents is 1. The molecule has 2 rings (SSSR count). The van der Waals surface area contributed by atoms with Gasteiger partial charge >= 0.3 is 0 Å². The highest BCUT2D eigenvalue weighted by Crippen LogP contribution is 2.21. The quantitative estimate of drug-likeness (QED) is 0.610. The summed E-state index contributed by atoms with van der Waals surface area (Å²) in [7, 11) is 0. The van der Waals surface area contributed by atoms with Gasteiger partial charge in [-0.3, -0.25) is 4.99 Å². The molecule has 3 N–H and O–H groups in total. The number of aliphatic imine (C=N–C) groups is 1. The maximum atomic E-state index is 9.71. The van der Waals surface area contributed by atoms with Gasteiger partial charge in [0.15, 0.2) is 0 Å². The van der Waals surface area contributed by atoms with Gasteiger partial charge in [-0.1, -0.05) is 18.2 Å². The van der Waals surface area contributed by atoms with E-state index >= 15 is 0 Å². The number of benzene rings is 2. The molecule has 0 aromatic heterocycles. The fourth-order valence-electron chi connectivity index (χ4n) is 1.63. The zero-order valence-corrected chi connectivity index (χ0v) is 9.59.